The first-order chi connectivity index (χ1) is 11.6. The van der Waals surface area contributed by atoms with Gasteiger partial charge in [-0.25, -0.2) is 4.98 Å². The highest BCUT2D eigenvalue weighted by Gasteiger charge is 2.11. The zero-order chi connectivity index (χ0) is 16.9. The number of thiazole rings is 1. The summed E-state index contributed by atoms with van der Waals surface area (Å²) in [5.41, 5.74) is 7.88. The summed E-state index contributed by atoms with van der Waals surface area (Å²) in [5, 5.41) is 5.78. The molecule has 0 atom stereocenters. The molecule has 0 aliphatic carbocycles. The summed E-state index contributed by atoms with van der Waals surface area (Å²) < 4.78 is 5.44. The van der Waals surface area contributed by atoms with E-state index >= 15 is 0 Å². The van der Waals surface area contributed by atoms with Crippen molar-refractivity contribution >= 4 is 39.7 Å². The Morgan fingerprint density at radius 1 is 1.21 bits per heavy atom. The summed E-state index contributed by atoms with van der Waals surface area (Å²) in [6.07, 6.45) is 0. The lowest BCUT2D eigenvalue weighted by molar-refractivity contribution is -0.118. The molecule has 3 aromatic rings. The Labute approximate surface area is 148 Å². The molecule has 0 aliphatic rings. The van der Waals surface area contributed by atoms with E-state index in [0.29, 0.717) is 21.6 Å². The van der Waals surface area contributed by atoms with Crippen molar-refractivity contribution in [2.24, 2.45) is 0 Å². The molecule has 0 bridgehead atoms. The van der Waals surface area contributed by atoms with Crippen LogP contribution in [0.3, 0.4) is 0 Å². The second kappa shape index (κ2) is 7.33. The van der Waals surface area contributed by atoms with Gasteiger partial charge in [0.2, 0.25) is 0 Å². The minimum Gasteiger partial charge on any atom is -0.484 e. The summed E-state index contributed by atoms with van der Waals surface area (Å²) >= 11 is 7.16. The molecule has 7 heteroatoms. The summed E-state index contributed by atoms with van der Waals surface area (Å²) in [7, 11) is 0. The fraction of sp³-hybridized carbons (Fsp3) is 0.0588. The lowest BCUT2D eigenvalue weighted by Gasteiger charge is -2.10. The van der Waals surface area contributed by atoms with Gasteiger partial charge in [-0.2, -0.15) is 0 Å². The number of para-hydroxylation sites is 1. The van der Waals surface area contributed by atoms with Crippen LogP contribution in [0.25, 0.3) is 11.3 Å². The van der Waals surface area contributed by atoms with Gasteiger partial charge in [0.05, 0.1) is 11.4 Å². The van der Waals surface area contributed by atoms with E-state index in [2.05, 4.69) is 10.3 Å². The number of amides is 1. The van der Waals surface area contributed by atoms with Gasteiger partial charge in [0.15, 0.2) is 11.7 Å². The third-order valence-corrected chi connectivity index (χ3v) is 4.11. The van der Waals surface area contributed by atoms with E-state index in [1.807, 2.05) is 29.6 Å². The first-order valence-electron chi connectivity index (χ1n) is 7.10. The topological polar surface area (TPSA) is 77.2 Å². The van der Waals surface area contributed by atoms with Crippen LogP contribution < -0.4 is 15.8 Å². The summed E-state index contributed by atoms with van der Waals surface area (Å²) in [6, 6.07) is 14.2. The van der Waals surface area contributed by atoms with Gasteiger partial charge in [-0.15, -0.1) is 11.3 Å². The minimum atomic E-state index is -0.263. The molecule has 0 unspecified atom stereocenters. The number of hydrogen-bond acceptors (Lipinski definition) is 5. The molecule has 0 saturated carbocycles. The van der Waals surface area contributed by atoms with E-state index in [1.165, 1.54) is 11.3 Å². The van der Waals surface area contributed by atoms with Crippen molar-refractivity contribution < 1.29 is 9.53 Å². The van der Waals surface area contributed by atoms with Crippen LogP contribution in [0.5, 0.6) is 5.75 Å². The van der Waals surface area contributed by atoms with Gasteiger partial charge in [-0.1, -0.05) is 29.8 Å². The number of aromatic nitrogens is 1. The van der Waals surface area contributed by atoms with E-state index in [4.69, 9.17) is 22.1 Å². The normalized spacial score (nSPS) is 10.4. The number of anilines is 2. The number of carbonyl (C=O) groups excluding carboxylic acids is 1. The van der Waals surface area contributed by atoms with Crippen molar-refractivity contribution in [1.82, 2.24) is 4.98 Å². The highest BCUT2D eigenvalue weighted by atomic mass is 35.5. The third kappa shape index (κ3) is 4.04. The molecule has 3 rings (SSSR count). The number of halogens is 1. The number of nitrogens with two attached hydrogens (primary N) is 1. The van der Waals surface area contributed by atoms with Gasteiger partial charge in [0.25, 0.3) is 5.91 Å². The fourth-order valence-electron chi connectivity index (χ4n) is 2.09. The van der Waals surface area contributed by atoms with Crippen molar-refractivity contribution in [3.63, 3.8) is 0 Å². The molecular formula is C17H14ClN3O2S. The number of carbonyl (C=O) groups is 1. The average molecular weight is 360 g/mol. The lowest BCUT2D eigenvalue weighted by atomic mass is 10.1. The molecule has 1 heterocycles. The first-order valence-corrected chi connectivity index (χ1v) is 8.36. The molecule has 0 spiro atoms. The Morgan fingerprint density at radius 2 is 1.96 bits per heavy atom. The number of hydrogen-bond donors (Lipinski definition) is 2. The first kappa shape index (κ1) is 16.3. The fourth-order valence-corrected chi connectivity index (χ4v) is 2.78. The van der Waals surface area contributed by atoms with E-state index < -0.39 is 0 Å². The standard InChI is InChI=1S/C17H14ClN3O2S/c18-11-5-7-12(8-6-11)23-9-16(22)20-14-4-2-1-3-13(14)15-10-24-17(19)21-15/h1-8,10H,9H2,(H2,19,21)(H,20,22). The highest BCUT2D eigenvalue weighted by Crippen LogP contribution is 2.29. The Morgan fingerprint density at radius 3 is 2.67 bits per heavy atom. The van der Waals surface area contributed by atoms with Crippen molar-refractivity contribution in [3.8, 4) is 17.0 Å². The van der Waals surface area contributed by atoms with Crippen LogP contribution in [-0.4, -0.2) is 17.5 Å². The molecule has 0 fully saturated rings. The van der Waals surface area contributed by atoms with E-state index in [0.717, 1.165) is 11.3 Å². The lowest BCUT2D eigenvalue weighted by Crippen LogP contribution is -2.20. The minimum absolute atomic E-state index is 0.102. The van der Waals surface area contributed by atoms with Crippen LogP contribution in [-0.2, 0) is 4.79 Å². The molecule has 1 amide bonds. The third-order valence-electron chi connectivity index (χ3n) is 3.18. The molecule has 0 radical (unpaired) electrons. The smallest absolute Gasteiger partial charge is 0.262 e. The Kier molecular flexibility index (Phi) is 4.98. The molecule has 24 heavy (non-hydrogen) atoms. The van der Waals surface area contributed by atoms with Crippen LogP contribution in [0, 0.1) is 0 Å². The number of nitrogens with one attached hydrogen (secondary N) is 1. The zero-order valence-corrected chi connectivity index (χ0v) is 14.1. The van der Waals surface area contributed by atoms with E-state index in [9.17, 15) is 4.79 Å². The molecule has 2 aromatic carbocycles. The zero-order valence-electron chi connectivity index (χ0n) is 12.5. The van der Waals surface area contributed by atoms with Crippen LogP contribution in [0.15, 0.2) is 53.9 Å². The highest BCUT2D eigenvalue weighted by molar-refractivity contribution is 7.13. The number of nitrogens with zero attached hydrogens (tertiary/aromatic N) is 1. The molecule has 1 aromatic heterocycles. The van der Waals surface area contributed by atoms with E-state index in [1.54, 1.807) is 24.3 Å². The summed E-state index contributed by atoms with van der Waals surface area (Å²) in [6.45, 7) is -0.102. The molecule has 3 N–H and O–H groups in total. The number of benzene rings is 2. The summed E-state index contributed by atoms with van der Waals surface area (Å²) in [5.74, 6) is 0.315. The van der Waals surface area contributed by atoms with Crippen molar-refractivity contribution in [2.75, 3.05) is 17.7 Å². The second-order valence-corrected chi connectivity index (χ2v) is 6.23. The maximum atomic E-state index is 12.1. The molecule has 5 nitrogen and oxygen atoms in total. The van der Waals surface area contributed by atoms with Crippen molar-refractivity contribution in [2.45, 2.75) is 0 Å². The predicted octanol–water partition coefficient (Wildman–Crippen LogP) is 4.06. The Hall–Kier alpha value is -2.57. The summed E-state index contributed by atoms with van der Waals surface area (Å²) in [4.78, 5) is 16.4. The predicted molar refractivity (Wildman–Crippen MR) is 97.5 cm³/mol. The average Bonchev–Trinajstić information content (AvgIpc) is 3.01. The monoisotopic (exact) mass is 359 g/mol. The van der Waals surface area contributed by atoms with Crippen LogP contribution in [0.4, 0.5) is 10.8 Å². The largest absolute Gasteiger partial charge is 0.484 e. The van der Waals surface area contributed by atoms with Gasteiger partial charge in [-0.3, -0.25) is 4.79 Å². The molecule has 122 valence electrons. The Bertz CT molecular complexity index is 849. The van der Waals surface area contributed by atoms with Crippen LogP contribution >= 0.6 is 22.9 Å². The van der Waals surface area contributed by atoms with Gasteiger partial charge in [0, 0.05) is 16.0 Å². The van der Waals surface area contributed by atoms with Gasteiger partial charge in [0.1, 0.15) is 5.75 Å². The van der Waals surface area contributed by atoms with Crippen molar-refractivity contribution in [1.29, 1.82) is 0 Å². The van der Waals surface area contributed by atoms with E-state index in [-0.39, 0.29) is 12.5 Å². The van der Waals surface area contributed by atoms with Gasteiger partial charge in [-0.05, 0) is 30.3 Å². The van der Waals surface area contributed by atoms with Crippen LogP contribution in [0.1, 0.15) is 0 Å². The number of rotatable bonds is 5. The Balaban J connectivity index is 1.67. The van der Waals surface area contributed by atoms with Crippen molar-refractivity contribution in [3.05, 3.63) is 58.9 Å². The number of ether oxygens (including phenoxy) is 1. The van der Waals surface area contributed by atoms with Gasteiger partial charge >= 0.3 is 0 Å². The molecule has 0 saturated heterocycles. The maximum absolute atomic E-state index is 12.1. The quantitative estimate of drug-likeness (QED) is 0.720. The van der Waals surface area contributed by atoms with Gasteiger partial charge < -0.3 is 15.8 Å². The molecule has 0 aliphatic heterocycles. The second-order valence-electron chi connectivity index (χ2n) is 4.91. The maximum Gasteiger partial charge on any atom is 0.262 e. The molecular weight excluding hydrogens is 346 g/mol. The SMILES string of the molecule is Nc1nc(-c2ccccc2NC(=O)COc2ccc(Cl)cc2)cs1. The van der Waals surface area contributed by atoms with Crippen LogP contribution in [0.2, 0.25) is 5.02 Å². The number of nitrogen functional groups attached to an aromatic ring is 1.